The second kappa shape index (κ2) is 6.07. The van der Waals surface area contributed by atoms with E-state index >= 15 is 0 Å². The molecule has 0 aliphatic rings. The lowest BCUT2D eigenvalue weighted by Gasteiger charge is -2.20. The maximum atomic E-state index is 9.13. The molecule has 0 aromatic heterocycles. The van der Waals surface area contributed by atoms with E-state index in [9.17, 15) is 0 Å². The Morgan fingerprint density at radius 2 is 1.75 bits per heavy atom. The van der Waals surface area contributed by atoms with Gasteiger partial charge in [-0.3, -0.25) is 0 Å². The number of hydrogen-bond donors (Lipinski definition) is 5. The first-order chi connectivity index (χ1) is 5.63. The van der Waals surface area contributed by atoms with Crippen LogP contribution in [0.15, 0.2) is 0 Å². The first kappa shape index (κ1) is 11.5. The molecule has 5 N–H and O–H groups in total. The Balaban J connectivity index is 3.80. The Morgan fingerprint density at radius 1 is 1.17 bits per heavy atom. The van der Waals surface area contributed by atoms with Gasteiger partial charge in [-0.15, -0.1) is 0 Å². The maximum Gasteiger partial charge on any atom is 0.106 e. The molecular formula is C7H15NO4. The highest BCUT2D eigenvalue weighted by Crippen LogP contribution is 2.05. The monoisotopic (exact) mass is 177 g/mol. The highest BCUT2D eigenvalue weighted by molar-refractivity contribution is 5.53. The zero-order chi connectivity index (χ0) is 9.56. The molecule has 3 atom stereocenters. The molecule has 1 unspecified atom stereocenters. The lowest BCUT2D eigenvalue weighted by Crippen LogP contribution is -2.38. The van der Waals surface area contributed by atoms with Gasteiger partial charge in [-0.1, -0.05) is 0 Å². The quantitative estimate of drug-likeness (QED) is 0.318. The van der Waals surface area contributed by atoms with E-state index in [1.165, 1.54) is 0 Å². The summed E-state index contributed by atoms with van der Waals surface area (Å²) in [7, 11) is 0. The Morgan fingerprint density at radius 3 is 2.17 bits per heavy atom. The van der Waals surface area contributed by atoms with Crippen molar-refractivity contribution in [2.75, 3.05) is 6.61 Å². The van der Waals surface area contributed by atoms with E-state index in [2.05, 4.69) is 0 Å². The highest BCUT2D eigenvalue weighted by Gasteiger charge is 2.22. The van der Waals surface area contributed by atoms with Crippen LogP contribution in [0.2, 0.25) is 0 Å². The Hall–Kier alpha value is -0.490. The SMILES string of the molecule is N=CC[C@H](O)[C@@H](O)C(O)CCO. The van der Waals surface area contributed by atoms with Crippen LogP contribution in [0.4, 0.5) is 0 Å². The molecule has 0 radical (unpaired) electrons. The van der Waals surface area contributed by atoms with Gasteiger partial charge < -0.3 is 25.8 Å². The Bertz CT molecular complexity index is 131. The second-order valence-electron chi connectivity index (χ2n) is 2.58. The van der Waals surface area contributed by atoms with Crippen LogP contribution >= 0.6 is 0 Å². The summed E-state index contributed by atoms with van der Waals surface area (Å²) >= 11 is 0. The zero-order valence-electron chi connectivity index (χ0n) is 6.72. The summed E-state index contributed by atoms with van der Waals surface area (Å²) in [5, 5.41) is 42.3. The molecule has 0 aromatic carbocycles. The van der Waals surface area contributed by atoms with Crippen molar-refractivity contribution in [1.82, 2.24) is 0 Å². The molecule has 0 saturated carbocycles. The van der Waals surface area contributed by atoms with Gasteiger partial charge in [0.05, 0.1) is 12.2 Å². The smallest absolute Gasteiger partial charge is 0.106 e. The molecule has 0 saturated heterocycles. The van der Waals surface area contributed by atoms with E-state index in [4.69, 9.17) is 25.8 Å². The van der Waals surface area contributed by atoms with Crippen molar-refractivity contribution in [3.63, 3.8) is 0 Å². The van der Waals surface area contributed by atoms with Crippen LogP contribution in [-0.2, 0) is 0 Å². The topological polar surface area (TPSA) is 105 Å². The molecular weight excluding hydrogens is 162 g/mol. The molecule has 5 heteroatoms. The summed E-state index contributed by atoms with van der Waals surface area (Å²) in [4.78, 5) is 0. The fourth-order valence-electron chi connectivity index (χ4n) is 0.820. The number of nitrogens with one attached hydrogen (secondary N) is 1. The number of aliphatic hydroxyl groups excluding tert-OH is 4. The molecule has 0 amide bonds. The fraction of sp³-hybridized carbons (Fsp3) is 0.857. The largest absolute Gasteiger partial charge is 0.396 e. The summed E-state index contributed by atoms with van der Waals surface area (Å²) in [5.74, 6) is 0. The van der Waals surface area contributed by atoms with Crippen LogP contribution in [0.1, 0.15) is 12.8 Å². The van der Waals surface area contributed by atoms with Crippen molar-refractivity contribution in [3.05, 3.63) is 0 Å². The number of hydrogen-bond acceptors (Lipinski definition) is 5. The molecule has 12 heavy (non-hydrogen) atoms. The van der Waals surface area contributed by atoms with Crippen LogP contribution in [0.3, 0.4) is 0 Å². The van der Waals surface area contributed by atoms with Gasteiger partial charge in [-0.2, -0.15) is 0 Å². The molecule has 72 valence electrons. The first-order valence-corrected chi connectivity index (χ1v) is 3.77. The van der Waals surface area contributed by atoms with Gasteiger partial charge in [-0.05, 0) is 12.6 Å². The third kappa shape index (κ3) is 3.77. The molecule has 0 aliphatic heterocycles. The van der Waals surface area contributed by atoms with Crippen molar-refractivity contribution in [1.29, 1.82) is 5.41 Å². The van der Waals surface area contributed by atoms with Crippen molar-refractivity contribution in [2.24, 2.45) is 0 Å². The van der Waals surface area contributed by atoms with Gasteiger partial charge in [0.15, 0.2) is 0 Å². The predicted octanol–water partition coefficient (Wildman–Crippen LogP) is -1.51. The van der Waals surface area contributed by atoms with Gasteiger partial charge in [0.25, 0.3) is 0 Å². The molecule has 0 heterocycles. The number of rotatable bonds is 6. The Labute approximate surface area is 70.8 Å². The van der Waals surface area contributed by atoms with Gasteiger partial charge in [-0.25, -0.2) is 0 Å². The zero-order valence-corrected chi connectivity index (χ0v) is 6.72. The van der Waals surface area contributed by atoms with Crippen LogP contribution in [-0.4, -0.2) is 51.6 Å². The summed E-state index contributed by atoms with van der Waals surface area (Å²) in [6, 6.07) is 0. The van der Waals surface area contributed by atoms with E-state index in [0.29, 0.717) is 0 Å². The fourth-order valence-corrected chi connectivity index (χ4v) is 0.820. The van der Waals surface area contributed by atoms with E-state index < -0.39 is 18.3 Å². The molecule has 5 nitrogen and oxygen atoms in total. The standard InChI is InChI=1S/C7H15NO4/c8-3-1-5(10)7(12)6(11)2-4-9/h3,5-12H,1-2,4H2/t5-,6?,7+/m0/s1. The average Bonchev–Trinajstić information content (AvgIpc) is 2.04. The molecule has 0 bridgehead atoms. The summed E-state index contributed by atoms with van der Waals surface area (Å²) < 4.78 is 0. The molecule has 0 fully saturated rings. The summed E-state index contributed by atoms with van der Waals surface area (Å²) in [6.45, 7) is -0.241. The van der Waals surface area contributed by atoms with E-state index in [-0.39, 0.29) is 19.4 Å². The number of aliphatic hydroxyl groups is 4. The predicted molar refractivity (Wildman–Crippen MR) is 43.1 cm³/mol. The highest BCUT2D eigenvalue weighted by atomic mass is 16.4. The first-order valence-electron chi connectivity index (χ1n) is 3.77. The van der Waals surface area contributed by atoms with Crippen LogP contribution < -0.4 is 0 Å². The van der Waals surface area contributed by atoms with Crippen LogP contribution in [0, 0.1) is 5.41 Å². The van der Waals surface area contributed by atoms with Crippen molar-refractivity contribution in [3.8, 4) is 0 Å². The molecule has 0 aliphatic carbocycles. The van der Waals surface area contributed by atoms with E-state index in [1.807, 2.05) is 0 Å². The lowest BCUT2D eigenvalue weighted by molar-refractivity contribution is -0.0623. The minimum Gasteiger partial charge on any atom is -0.396 e. The third-order valence-electron chi connectivity index (χ3n) is 1.57. The normalized spacial score (nSPS) is 18.3. The average molecular weight is 177 g/mol. The Kier molecular flexibility index (Phi) is 5.83. The van der Waals surface area contributed by atoms with E-state index in [1.54, 1.807) is 0 Å². The molecule has 0 rings (SSSR count). The van der Waals surface area contributed by atoms with Crippen LogP contribution in [0.25, 0.3) is 0 Å². The van der Waals surface area contributed by atoms with Crippen molar-refractivity contribution < 1.29 is 20.4 Å². The lowest BCUT2D eigenvalue weighted by atomic mass is 10.0. The van der Waals surface area contributed by atoms with Gasteiger partial charge in [0.1, 0.15) is 6.10 Å². The third-order valence-corrected chi connectivity index (χ3v) is 1.57. The molecule has 0 spiro atoms. The van der Waals surface area contributed by atoms with E-state index in [0.717, 1.165) is 6.21 Å². The van der Waals surface area contributed by atoms with Gasteiger partial charge >= 0.3 is 0 Å². The van der Waals surface area contributed by atoms with Gasteiger partial charge in [0, 0.05) is 13.0 Å². The second-order valence-corrected chi connectivity index (χ2v) is 2.58. The minimum absolute atomic E-state index is 0.00363. The minimum atomic E-state index is -1.29. The summed E-state index contributed by atoms with van der Waals surface area (Å²) in [6.07, 6.45) is -2.58. The summed E-state index contributed by atoms with van der Waals surface area (Å²) in [5.41, 5.74) is 0. The van der Waals surface area contributed by atoms with Crippen LogP contribution in [0.5, 0.6) is 0 Å². The molecule has 0 aromatic rings. The van der Waals surface area contributed by atoms with Crippen molar-refractivity contribution >= 4 is 6.21 Å². The van der Waals surface area contributed by atoms with Crippen molar-refractivity contribution in [2.45, 2.75) is 31.2 Å². The van der Waals surface area contributed by atoms with Gasteiger partial charge in [0.2, 0.25) is 0 Å². The maximum absolute atomic E-state index is 9.13.